The Balaban J connectivity index is 2.30. The van der Waals surface area contributed by atoms with Gasteiger partial charge in [-0.25, -0.2) is 4.98 Å². The van der Waals surface area contributed by atoms with Gasteiger partial charge in [0.15, 0.2) is 0 Å². The Morgan fingerprint density at radius 3 is 2.89 bits per heavy atom. The van der Waals surface area contributed by atoms with Crippen molar-refractivity contribution in [3.8, 4) is 0 Å². The first-order valence-electron chi connectivity index (χ1n) is 5.45. The Morgan fingerprint density at radius 2 is 2.28 bits per heavy atom. The minimum absolute atomic E-state index is 0.249. The van der Waals surface area contributed by atoms with Crippen LogP contribution in [0.2, 0.25) is 0 Å². The average molecular weight is 246 g/mol. The number of primary amides is 1. The first-order chi connectivity index (χ1) is 8.60. The molecule has 0 spiro atoms. The van der Waals surface area contributed by atoms with E-state index in [-0.39, 0.29) is 5.56 Å². The van der Waals surface area contributed by atoms with Crippen molar-refractivity contribution in [2.24, 2.45) is 5.73 Å². The second-order valence-electron chi connectivity index (χ2n) is 3.74. The van der Waals surface area contributed by atoms with Crippen LogP contribution in [-0.2, 0) is 6.54 Å². The number of hydrogen-bond donors (Lipinski definition) is 3. The van der Waals surface area contributed by atoms with E-state index in [9.17, 15) is 4.79 Å². The lowest BCUT2D eigenvalue weighted by Crippen LogP contribution is -2.14. The molecule has 5 N–H and O–H groups in total. The van der Waals surface area contributed by atoms with Gasteiger partial charge in [-0.2, -0.15) is 5.10 Å². The number of pyridine rings is 1. The van der Waals surface area contributed by atoms with Crippen molar-refractivity contribution in [3.05, 3.63) is 30.2 Å². The maximum atomic E-state index is 11.3. The van der Waals surface area contributed by atoms with E-state index < -0.39 is 5.91 Å². The third kappa shape index (κ3) is 2.40. The molecule has 1 amide bonds. The number of nitrogens with zero attached hydrogens (tertiary/aromatic N) is 3. The largest absolute Gasteiger partial charge is 0.397 e. The molecule has 0 fully saturated rings. The van der Waals surface area contributed by atoms with Crippen molar-refractivity contribution in [1.82, 2.24) is 14.8 Å². The smallest absolute Gasteiger partial charge is 0.252 e. The van der Waals surface area contributed by atoms with Crippen molar-refractivity contribution >= 4 is 23.1 Å². The number of aryl methyl sites for hydroxylation is 1. The monoisotopic (exact) mass is 246 g/mol. The van der Waals surface area contributed by atoms with E-state index in [1.54, 1.807) is 10.9 Å². The standard InChI is InChI=1S/C11H14N6O/c1-2-17-6-8(5-15-17)16-11-9(10(13)18)3-7(12)4-14-11/h3-6H,2,12H2,1H3,(H2,13,18)(H,14,16). The van der Waals surface area contributed by atoms with Gasteiger partial charge in [-0.15, -0.1) is 0 Å². The molecule has 0 aliphatic carbocycles. The summed E-state index contributed by atoms with van der Waals surface area (Å²) in [6, 6.07) is 1.49. The van der Waals surface area contributed by atoms with Crippen LogP contribution in [0, 0.1) is 0 Å². The van der Waals surface area contributed by atoms with E-state index >= 15 is 0 Å². The molecule has 2 aromatic heterocycles. The summed E-state index contributed by atoms with van der Waals surface area (Å²) in [4.78, 5) is 15.3. The van der Waals surface area contributed by atoms with Crippen LogP contribution in [0.25, 0.3) is 0 Å². The van der Waals surface area contributed by atoms with Gasteiger partial charge in [-0.05, 0) is 13.0 Å². The predicted octanol–water partition coefficient (Wildman–Crippen LogP) is 0.723. The molecule has 0 aromatic carbocycles. The molecule has 0 radical (unpaired) electrons. The average Bonchev–Trinajstić information content (AvgIpc) is 2.79. The number of aromatic nitrogens is 3. The van der Waals surface area contributed by atoms with Crippen LogP contribution in [0.4, 0.5) is 17.2 Å². The Morgan fingerprint density at radius 1 is 1.50 bits per heavy atom. The van der Waals surface area contributed by atoms with Gasteiger partial charge in [0.1, 0.15) is 5.82 Å². The number of nitrogen functional groups attached to an aromatic ring is 1. The quantitative estimate of drug-likeness (QED) is 0.736. The topological polar surface area (TPSA) is 112 Å². The van der Waals surface area contributed by atoms with E-state index in [1.165, 1.54) is 12.3 Å². The molecular formula is C11H14N6O. The molecule has 94 valence electrons. The van der Waals surface area contributed by atoms with Crippen LogP contribution in [0.3, 0.4) is 0 Å². The van der Waals surface area contributed by atoms with E-state index in [0.717, 1.165) is 12.2 Å². The van der Waals surface area contributed by atoms with Gasteiger partial charge >= 0.3 is 0 Å². The van der Waals surface area contributed by atoms with Crippen molar-refractivity contribution < 1.29 is 4.79 Å². The maximum Gasteiger partial charge on any atom is 0.252 e. The molecular weight excluding hydrogens is 232 g/mol. The zero-order chi connectivity index (χ0) is 13.1. The zero-order valence-corrected chi connectivity index (χ0v) is 9.92. The molecule has 0 saturated heterocycles. The predicted molar refractivity (Wildman–Crippen MR) is 68.4 cm³/mol. The highest BCUT2D eigenvalue weighted by Gasteiger charge is 2.11. The van der Waals surface area contributed by atoms with Gasteiger partial charge in [0.05, 0.1) is 29.3 Å². The molecule has 2 heterocycles. The normalized spacial score (nSPS) is 10.3. The lowest BCUT2D eigenvalue weighted by atomic mass is 10.2. The molecule has 18 heavy (non-hydrogen) atoms. The van der Waals surface area contributed by atoms with Crippen LogP contribution in [0.5, 0.6) is 0 Å². The number of amides is 1. The number of anilines is 3. The van der Waals surface area contributed by atoms with Crippen molar-refractivity contribution in [1.29, 1.82) is 0 Å². The SMILES string of the molecule is CCn1cc(Nc2ncc(N)cc2C(N)=O)cn1. The third-order valence-electron chi connectivity index (χ3n) is 2.39. The van der Waals surface area contributed by atoms with Crippen LogP contribution in [-0.4, -0.2) is 20.7 Å². The second kappa shape index (κ2) is 4.74. The fraction of sp³-hybridized carbons (Fsp3) is 0.182. The van der Waals surface area contributed by atoms with Crippen molar-refractivity contribution in [3.63, 3.8) is 0 Å². The van der Waals surface area contributed by atoms with Gasteiger partial charge in [-0.3, -0.25) is 9.48 Å². The number of carbonyl (C=O) groups excluding carboxylic acids is 1. The first kappa shape index (κ1) is 11.9. The number of rotatable bonds is 4. The van der Waals surface area contributed by atoms with Crippen LogP contribution < -0.4 is 16.8 Å². The molecule has 0 aliphatic heterocycles. The van der Waals surface area contributed by atoms with E-state index in [1.807, 2.05) is 13.1 Å². The molecule has 2 aromatic rings. The Hall–Kier alpha value is -2.57. The van der Waals surface area contributed by atoms with E-state index in [2.05, 4.69) is 15.4 Å². The van der Waals surface area contributed by atoms with Crippen LogP contribution >= 0.6 is 0 Å². The second-order valence-corrected chi connectivity index (χ2v) is 3.74. The summed E-state index contributed by atoms with van der Waals surface area (Å²) in [5.41, 5.74) is 12.2. The lowest BCUT2D eigenvalue weighted by Gasteiger charge is -2.07. The van der Waals surface area contributed by atoms with Gasteiger partial charge in [0.25, 0.3) is 5.91 Å². The van der Waals surface area contributed by atoms with Crippen LogP contribution in [0.1, 0.15) is 17.3 Å². The fourth-order valence-electron chi connectivity index (χ4n) is 1.51. The zero-order valence-electron chi connectivity index (χ0n) is 9.92. The fourth-order valence-corrected chi connectivity index (χ4v) is 1.51. The van der Waals surface area contributed by atoms with Crippen molar-refractivity contribution in [2.45, 2.75) is 13.5 Å². The molecule has 0 aliphatic rings. The molecule has 0 saturated carbocycles. The van der Waals surface area contributed by atoms with Gasteiger partial charge in [0, 0.05) is 12.7 Å². The third-order valence-corrected chi connectivity index (χ3v) is 2.39. The molecule has 2 rings (SSSR count). The molecule has 7 nitrogen and oxygen atoms in total. The number of nitrogens with two attached hydrogens (primary N) is 2. The Kier molecular flexibility index (Phi) is 3.13. The maximum absolute atomic E-state index is 11.3. The highest BCUT2D eigenvalue weighted by Crippen LogP contribution is 2.19. The summed E-state index contributed by atoms with van der Waals surface area (Å²) in [6.45, 7) is 2.74. The number of hydrogen-bond acceptors (Lipinski definition) is 5. The molecule has 0 bridgehead atoms. The van der Waals surface area contributed by atoms with E-state index in [0.29, 0.717) is 11.5 Å². The highest BCUT2D eigenvalue weighted by molar-refractivity contribution is 5.98. The molecule has 0 atom stereocenters. The lowest BCUT2D eigenvalue weighted by molar-refractivity contribution is 0.100. The molecule has 7 heteroatoms. The summed E-state index contributed by atoms with van der Waals surface area (Å²) < 4.78 is 1.75. The summed E-state index contributed by atoms with van der Waals surface area (Å²) in [5, 5.41) is 7.09. The summed E-state index contributed by atoms with van der Waals surface area (Å²) >= 11 is 0. The Labute approximate surface area is 104 Å². The summed E-state index contributed by atoms with van der Waals surface area (Å²) in [7, 11) is 0. The first-order valence-corrected chi connectivity index (χ1v) is 5.45. The summed E-state index contributed by atoms with van der Waals surface area (Å²) in [5.74, 6) is -0.215. The van der Waals surface area contributed by atoms with Crippen molar-refractivity contribution in [2.75, 3.05) is 11.1 Å². The van der Waals surface area contributed by atoms with Gasteiger partial charge in [0.2, 0.25) is 0 Å². The number of carbonyl (C=O) groups is 1. The van der Waals surface area contributed by atoms with Gasteiger partial charge < -0.3 is 16.8 Å². The number of nitrogens with one attached hydrogen (secondary N) is 1. The minimum atomic E-state index is -0.583. The molecule has 0 unspecified atom stereocenters. The highest BCUT2D eigenvalue weighted by atomic mass is 16.1. The van der Waals surface area contributed by atoms with Gasteiger partial charge in [-0.1, -0.05) is 0 Å². The minimum Gasteiger partial charge on any atom is -0.397 e. The van der Waals surface area contributed by atoms with Crippen LogP contribution in [0.15, 0.2) is 24.7 Å². The summed E-state index contributed by atoms with van der Waals surface area (Å²) in [6.07, 6.45) is 4.91. The van der Waals surface area contributed by atoms with E-state index in [4.69, 9.17) is 11.5 Å². The Bertz CT molecular complexity index is 577.